The average molecular weight is 282 g/mol. The molecule has 1 aliphatic rings. The maximum absolute atomic E-state index is 10.7. The number of anilines is 1. The SMILES string of the molecule is O=Cc1ccc(N2CCCCCC2)c(Br)c1. The van der Waals surface area contributed by atoms with Crippen molar-refractivity contribution in [1.82, 2.24) is 0 Å². The summed E-state index contributed by atoms with van der Waals surface area (Å²) in [4.78, 5) is 13.1. The predicted molar refractivity (Wildman–Crippen MR) is 70.2 cm³/mol. The van der Waals surface area contributed by atoms with Gasteiger partial charge in [0.1, 0.15) is 6.29 Å². The molecule has 0 aromatic heterocycles. The van der Waals surface area contributed by atoms with Crippen LogP contribution in [0.5, 0.6) is 0 Å². The molecule has 1 aromatic rings. The fraction of sp³-hybridized carbons (Fsp3) is 0.462. The van der Waals surface area contributed by atoms with Crippen molar-refractivity contribution in [2.45, 2.75) is 25.7 Å². The van der Waals surface area contributed by atoms with E-state index in [4.69, 9.17) is 0 Å². The van der Waals surface area contributed by atoms with E-state index in [1.165, 1.54) is 31.4 Å². The lowest BCUT2D eigenvalue weighted by atomic mass is 10.2. The molecule has 2 nitrogen and oxygen atoms in total. The van der Waals surface area contributed by atoms with Crippen LogP contribution in [0.15, 0.2) is 22.7 Å². The fourth-order valence-electron chi connectivity index (χ4n) is 2.16. The van der Waals surface area contributed by atoms with Gasteiger partial charge in [-0.25, -0.2) is 0 Å². The van der Waals surface area contributed by atoms with E-state index < -0.39 is 0 Å². The van der Waals surface area contributed by atoms with Crippen LogP contribution in [0, 0.1) is 0 Å². The number of benzene rings is 1. The summed E-state index contributed by atoms with van der Waals surface area (Å²) in [5.41, 5.74) is 1.94. The summed E-state index contributed by atoms with van der Waals surface area (Å²) in [5, 5.41) is 0. The lowest BCUT2D eigenvalue weighted by Crippen LogP contribution is -2.24. The number of aldehydes is 1. The molecule has 1 fully saturated rings. The molecule has 1 heterocycles. The van der Waals surface area contributed by atoms with Crippen molar-refractivity contribution in [1.29, 1.82) is 0 Å². The van der Waals surface area contributed by atoms with Gasteiger partial charge in [0.15, 0.2) is 0 Å². The second kappa shape index (κ2) is 5.48. The van der Waals surface area contributed by atoms with Crippen molar-refractivity contribution in [2.75, 3.05) is 18.0 Å². The van der Waals surface area contributed by atoms with Crippen LogP contribution >= 0.6 is 15.9 Å². The molecule has 1 saturated heterocycles. The van der Waals surface area contributed by atoms with Crippen LogP contribution in [0.3, 0.4) is 0 Å². The molecule has 3 heteroatoms. The number of carbonyl (C=O) groups is 1. The van der Waals surface area contributed by atoms with Crippen molar-refractivity contribution in [3.63, 3.8) is 0 Å². The van der Waals surface area contributed by atoms with E-state index in [1.807, 2.05) is 18.2 Å². The molecule has 0 N–H and O–H groups in total. The molecule has 0 aliphatic carbocycles. The molecule has 0 spiro atoms. The lowest BCUT2D eigenvalue weighted by Gasteiger charge is -2.24. The summed E-state index contributed by atoms with van der Waals surface area (Å²) in [6, 6.07) is 5.82. The molecule has 0 bridgehead atoms. The highest BCUT2D eigenvalue weighted by atomic mass is 79.9. The Labute approximate surface area is 105 Å². The summed E-state index contributed by atoms with van der Waals surface area (Å²) in [5.74, 6) is 0. The Balaban J connectivity index is 2.21. The molecular weight excluding hydrogens is 266 g/mol. The molecule has 2 rings (SSSR count). The molecule has 0 unspecified atom stereocenters. The first-order chi connectivity index (χ1) is 7.81. The quantitative estimate of drug-likeness (QED) is 0.772. The molecule has 86 valence electrons. The van der Waals surface area contributed by atoms with Crippen LogP contribution in [0.25, 0.3) is 0 Å². The van der Waals surface area contributed by atoms with E-state index in [9.17, 15) is 4.79 Å². The molecule has 0 amide bonds. The normalized spacial score (nSPS) is 16.9. The Kier molecular flexibility index (Phi) is 3.99. The second-order valence-corrected chi connectivity index (χ2v) is 5.08. The van der Waals surface area contributed by atoms with E-state index in [0.717, 1.165) is 29.4 Å². The minimum Gasteiger partial charge on any atom is -0.371 e. The third-order valence-corrected chi connectivity index (χ3v) is 3.69. The first kappa shape index (κ1) is 11.6. The van der Waals surface area contributed by atoms with Crippen molar-refractivity contribution >= 4 is 27.9 Å². The molecule has 16 heavy (non-hydrogen) atoms. The summed E-state index contributed by atoms with van der Waals surface area (Å²) < 4.78 is 1.03. The Morgan fingerprint density at radius 3 is 2.38 bits per heavy atom. The molecular formula is C13H16BrNO. The topological polar surface area (TPSA) is 20.3 Å². The Hall–Kier alpha value is -0.830. The zero-order valence-corrected chi connectivity index (χ0v) is 10.9. The number of hydrogen-bond acceptors (Lipinski definition) is 2. The van der Waals surface area contributed by atoms with E-state index >= 15 is 0 Å². The van der Waals surface area contributed by atoms with Gasteiger partial charge in [-0.3, -0.25) is 4.79 Å². The van der Waals surface area contributed by atoms with Crippen LogP contribution in [-0.4, -0.2) is 19.4 Å². The highest BCUT2D eigenvalue weighted by Crippen LogP contribution is 2.28. The lowest BCUT2D eigenvalue weighted by molar-refractivity contribution is 0.112. The molecule has 1 aliphatic heterocycles. The highest BCUT2D eigenvalue weighted by molar-refractivity contribution is 9.10. The van der Waals surface area contributed by atoms with Gasteiger partial charge in [0.2, 0.25) is 0 Å². The maximum atomic E-state index is 10.7. The molecule has 0 atom stereocenters. The third-order valence-electron chi connectivity index (χ3n) is 3.05. The van der Waals surface area contributed by atoms with Crippen LogP contribution in [-0.2, 0) is 0 Å². The number of hydrogen-bond donors (Lipinski definition) is 0. The van der Waals surface area contributed by atoms with Gasteiger partial charge < -0.3 is 4.90 Å². The van der Waals surface area contributed by atoms with E-state index in [1.54, 1.807) is 0 Å². The van der Waals surface area contributed by atoms with Crippen LogP contribution in [0.2, 0.25) is 0 Å². The van der Waals surface area contributed by atoms with Gasteiger partial charge in [0, 0.05) is 23.1 Å². The number of halogens is 1. The van der Waals surface area contributed by atoms with E-state index in [-0.39, 0.29) is 0 Å². The molecule has 0 radical (unpaired) electrons. The summed E-state index contributed by atoms with van der Waals surface area (Å²) in [7, 11) is 0. The summed E-state index contributed by atoms with van der Waals surface area (Å²) in [6.45, 7) is 2.25. The molecule has 0 saturated carbocycles. The first-order valence-corrected chi connectivity index (χ1v) is 6.60. The van der Waals surface area contributed by atoms with Gasteiger partial charge in [0.05, 0.1) is 5.69 Å². The van der Waals surface area contributed by atoms with E-state index in [0.29, 0.717) is 0 Å². The maximum Gasteiger partial charge on any atom is 0.150 e. The standard InChI is InChI=1S/C13H16BrNO/c14-12-9-11(10-16)5-6-13(12)15-7-3-1-2-4-8-15/h5-6,9-10H,1-4,7-8H2. The smallest absolute Gasteiger partial charge is 0.150 e. The minimum absolute atomic E-state index is 0.727. The van der Waals surface area contributed by atoms with Crippen molar-refractivity contribution < 1.29 is 4.79 Å². The first-order valence-electron chi connectivity index (χ1n) is 5.81. The van der Waals surface area contributed by atoms with Crippen LogP contribution in [0.1, 0.15) is 36.0 Å². The number of nitrogens with zero attached hydrogens (tertiary/aromatic N) is 1. The Morgan fingerprint density at radius 1 is 1.12 bits per heavy atom. The van der Waals surface area contributed by atoms with Crippen LogP contribution in [0.4, 0.5) is 5.69 Å². The monoisotopic (exact) mass is 281 g/mol. The van der Waals surface area contributed by atoms with Gasteiger partial charge in [-0.05, 0) is 47.0 Å². The average Bonchev–Trinajstić information content (AvgIpc) is 2.57. The Morgan fingerprint density at radius 2 is 1.81 bits per heavy atom. The molecule has 1 aromatic carbocycles. The second-order valence-electron chi connectivity index (χ2n) is 4.23. The van der Waals surface area contributed by atoms with Crippen LogP contribution < -0.4 is 4.90 Å². The fourth-order valence-corrected chi connectivity index (χ4v) is 2.81. The zero-order valence-electron chi connectivity index (χ0n) is 9.29. The highest BCUT2D eigenvalue weighted by Gasteiger charge is 2.12. The zero-order chi connectivity index (χ0) is 11.4. The predicted octanol–water partition coefficient (Wildman–Crippen LogP) is 3.64. The number of carbonyl (C=O) groups excluding carboxylic acids is 1. The van der Waals surface area contributed by atoms with Gasteiger partial charge in [-0.15, -0.1) is 0 Å². The minimum atomic E-state index is 0.727. The van der Waals surface area contributed by atoms with E-state index in [2.05, 4.69) is 20.8 Å². The Bertz CT molecular complexity index is 370. The van der Waals surface area contributed by atoms with Crippen molar-refractivity contribution in [3.8, 4) is 0 Å². The largest absolute Gasteiger partial charge is 0.371 e. The van der Waals surface area contributed by atoms with Gasteiger partial charge in [0.25, 0.3) is 0 Å². The van der Waals surface area contributed by atoms with Crippen molar-refractivity contribution in [2.24, 2.45) is 0 Å². The summed E-state index contributed by atoms with van der Waals surface area (Å²) in [6.07, 6.45) is 6.09. The van der Waals surface area contributed by atoms with Gasteiger partial charge >= 0.3 is 0 Å². The van der Waals surface area contributed by atoms with Gasteiger partial charge in [-0.2, -0.15) is 0 Å². The number of rotatable bonds is 2. The van der Waals surface area contributed by atoms with Crippen molar-refractivity contribution in [3.05, 3.63) is 28.2 Å². The summed E-state index contributed by atoms with van der Waals surface area (Å²) >= 11 is 3.55. The third kappa shape index (κ3) is 2.64. The van der Waals surface area contributed by atoms with Gasteiger partial charge in [-0.1, -0.05) is 12.8 Å².